The van der Waals surface area contributed by atoms with Gasteiger partial charge in [-0.2, -0.15) is 0 Å². The molecule has 0 saturated carbocycles. The highest BCUT2D eigenvalue weighted by Crippen LogP contribution is 2.31. The summed E-state index contributed by atoms with van der Waals surface area (Å²) in [5.74, 6) is 0.710. The van der Waals surface area contributed by atoms with E-state index in [9.17, 15) is 9.59 Å². The summed E-state index contributed by atoms with van der Waals surface area (Å²) in [6, 6.07) is 2.15. The zero-order valence-corrected chi connectivity index (χ0v) is 16.2. The first kappa shape index (κ1) is 19.0. The van der Waals surface area contributed by atoms with E-state index in [0.717, 1.165) is 12.2 Å². The number of rotatable bonds is 5. The van der Waals surface area contributed by atoms with Crippen molar-refractivity contribution in [1.82, 2.24) is 14.4 Å². The molecule has 2 aliphatic rings. The topological polar surface area (TPSA) is 54.8 Å². The lowest BCUT2D eigenvalue weighted by Crippen LogP contribution is -2.51. The van der Waals surface area contributed by atoms with Crippen LogP contribution in [-0.4, -0.2) is 59.6 Å². The molecule has 26 heavy (non-hydrogen) atoms. The molecule has 0 unspecified atom stereocenters. The third-order valence-electron chi connectivity index (χ3n) is 5.96. The summed E-state index contributed by atoms with van der Waals surface area (Å²) >= 11 is 0. The Morgan fingerprint density at radius 1 is 1.27 bits per heavy atom. The van der Waals surface area contributed by atoms with Crippen LogP contribution in [0.25, 0.3) is 0 Å². The Labute approximate surface area is 155 Å². The van der Waals surface area contributed by atoms with Crippen LogP contribution in [0.1, 0.15) is 37.8 Å². The van der Waals surface area contributed by atoms with Gasteiger partial charge in [-0.3, -0.25) is 9.59 Å². The van der Waals surface area contributed by atoms with Crippen LogP contribution in [-0.2, 0) is 11.8 Å². The van der Waals surface area contributed by atoms with E-state index < -0.39 is 0 Å². The second-order valence-corrected chi connectivity index (χ2v) is 7.82. The first-order valence-electron chi connectivity index (χ1n) is 9.74. The third-order valence-corrected chi connectivity index (χ3v) is 5.96. The average molecular weight is 361 g/mol. The molecule has 2 atom stereocenters. The highest BCUT2D eigenvalue weighted by Gasteiger charge is 2.34. The lowest BCUT2D eigenvalue weighted by molar-refractivity contribution is -0.133. The Kier molecular flexibility index (Phi) is 6.01. The molecule has 0 radical (unpaired) electrons. The van der Waals surface area contributed by atoms with E-state index >= 15 is 0 Å². The van der Waals surface area contributed by atoms with Crippen molar-refractivity contribution in [3.8, 4) is 5.75 Å². The molecular weight excluding hydrogens is 330 g/mol. The minimum Gasteiger partial charge on any atom is -0.478 e. The molecule has 1 aromatic rings. The number of likely N-dealkylation sites (N-methyl/N-ethyl adjacent to an activating group) is 1. The quantitative estimate of drug-likeness (QED) is 0.802. The van der Waals surface area contributed by atoms with Crippen molar-refractivity contribution in [3.05, 3.63) is 28.2 Å². The summed E-state index contributed by atoms with van der Waals surface area (Å²) in [5, 5.41) is 0. The van der Waals surface area contributed by atoms with Gasteiger partial charge in [0, 0.05) is 44.6 Å². The van der Waals surface area contributed by atoms with Crippen molar-refractivity contribution in [2.45, 2.75) is 45.1 Å². The van der Waals surface area contributed by atoms with Crippen LogP contribution in [0.15, 0.2) is 17.1 Å². The van der Waals surface area contributed by atoms with E-state index in [1.54, 1.807) is 11.1 Å². The number of hydrogen-bond acceptors (Lipinski definition) is 4. The fraction of sp³-hybridized carbons (Fsp3) is 0.700. The monoisotopic (exact) mass is 361 g/mol. The minimum atomic E-state index is -0.179. The lowest BCUT2D eigenvalue weighted by atomic mass is 9.83. The summed E-state index contributed by atoms with van der Waals surface area (Å²) in [6.07, 6.45) is 7.92. The van der Waals surface area contributed by atoms with Crippen molar-refractivity contribution in [2.24, 2.45) is 13.0 Å². The second kappa shape index (κ2) is 8.25. The van der Waals surface area contributed by atoms with Gasteiger partial charge >= 0.3 is 0 Å². The summed E-state index contributed by atoms with van der Waals surface area (Å²) in [4.78, 5) is 28.9. The number of pyridine rings is 1. The Balaban J connectivity index is 1.54. The summed E-state index contributed by atoms with van der Waals surface area (Å²) in [5.41, 5.74) is 0.682. The second-order valence-electron chi connectivity index (χ2n) is 7.82. The number of aromatic nitrogens is 1. The smallest absolute Gasteiger partial charge is 0.260 e. The van der Waals surface area contributed by atoms with Crippen LogP contribution in [0.4, 0.5) is 0 Å². The largest absolute Gasteiger partial charge is 0.478 e. The first-order valence-corrected chi connectivity index (χ1v) is 9.74. The number of amides is 1. The number of fused-ring (bicyclic) bond motifs is 1. The van der Waals surface area contributed by atoms with Gasteiger partial charge in [-0.25, -0.2) is 0 Å². The maximum Gasteiger partial charge on any atom is 0.260 e. The van der Waals surface area contributed by atoms with Crippen LogP contribution in [0.3, 0.4) is 0 Å². The standard InChI is InChI=1S/C20H31N3O3/c1-15-11-18(24)19(13-21(15)2)26-14-20(25)22(3)12-16-7-6-10-23-9-5-4-8-17(16)23/h11,13,16-17H,4-10,12,14H2,1-3H3/t16-,17+/m0/s1. The zero-order valence-electron chi connectivity index (χ0n) is 16.2. The average Bonchev–Trinajstić information content (AvgIpc) is 2.63. The summed E-state index contributed by atoms with van der Waals surface area (Å²) in [7, 11) is 3.70. The highest BCUT2D eigenvalue weighted by molar-refractivity contribution is 5.77. The number of carbonyl (C=O) groups excluding carboxylic acids is 1. The molecule has 0 spiro atoms. The molecule has 144 valence electrons. The van der Waals surface area contributed by atoms with Gasteiger partial charge in [-0.1, -0.05) is 6.42 Å². The van der Waals surface area contributed by atoms with Gasteiger partial charge in [0.25, 0.3) is 5.91 Å². The SMILES string of the molecule is Cc1cc(=O)c(OCC(=O)N(C)C[C@@H]2CCCN3CCCC[C@H]23)cn1C. The number of ether oxygens (including phenoxy) is 1. The van der Waals surface area contributed by atoms with E-state index in [1.165, 1.54) is 51.3 Å². The third kappa shape index (κ3) is 4.29. The fourth-order valence-electron chi connectivity index (χ4n) is 4.31. The van der Waals surface area contributed by atoms with Gasteiger partial charge in [0.15, 0.2) is 12.4 Å². The van der Waals surface area contributed by atoms with Crippen LogP contribution < -0.4 is 10.2 Å². The molecule has 0 aromatic carbocycles. The summed E-state index contributed by atoms with van der Waals surface area (Å²) < 4.78 is 7.34. The lowest BCUT2D eigenvalue weighted by Gasteiger charge is -2.45. The Bertz CT molecular complexity index is 698. The first-order chi connectivity index (χ1) is 12.5. The van der Waals surface area contributed by atoms with Gasteiger partial charge in [0.05, 0.1) is 0 Å². The Hall–Kier alpha value is -1.82. The molecule has 0 aliphatic carbocycles. The van der Waals surface area contributed by atoms with Crippen LogP contribution in [0, 0.1) is 12.8 Å². The predicted octanol–water partition coefficient (Wildman–Crippen LogP) is 1.80. The molecular formula is C20H31N3O3. The molecule has 2 saturated heterocycles. The molecule has 1 aromatic heterocycles. The number of hydrogen-bond donors (Lipinski definition) is 0. The van der Waals surface area contributed by atoms with Crippen molar-refractivity contribution < 1.29 is 9.53 Å². The summed E-state index contributed by atoms with van der Waals surface area (Å²) in [6.45, 7) is 4.96. The van der Waals surface area contributed by atoms with E-state index in [2.05, 4.69) is 4.90 Å². The van der Waals surface area contributed by atoms with Crippen molar-refractivity contribution in [1.29, 1.82) is 0 Å². The normalized spacial score (nSPS) is 23.3. The van der Waals surface area contributed by atoms with Crippen molar-refractivity contribution in [3.63, 3.8) is 0 Å². The van der Waals surface area contributed by atoms with E-state index in [-0.39, 0.29) is 23.7 Å². The Morgan fingerprint density at radius 2 is 2.04 bits per heavy atom. The van der Waals surface area contributed by atoms with Crippen molar-refractivity contribution in [2.75, 3.05) is 33.3 Å². The van der Waals surface area contributed by atoms with E-state index in [4.69, 9.17) is 4.74 Å². The Morgan fingerprint density at radius 3 is 2.85 bits per heavy atom. The highest BCUT2D eigenvalue weighted by atomic mass is 16.5. The molecule has 2 aliphatic heterocycles. The van der Waals surface area contributed by atoms with Crippen LogP contribution >= 0.6 is 0 Å². The zero-order chi connectivity index (χ0) is 18.7. The minimum absolute atomic E-state index is 0.0689. The number of aryl methyl sites for hydroxylation is 2. The molecule has 3 heterocycles. The van der Waals surface area contributed by atoms with Crippen molar-refractivity contribution >= 4 is 5.91 Å². The van der Waals surface area contributed by atoms with Gasteiger partial charge in [-0.15, -0.1) is 0 Å². The van der Waals surface area contributed by atoms with Gasteiger partial charge in [0.1, 0.15) is 0 Å². The molecule has 2 fully saturated rings. The molecule has 3 rings (SSSR count). The fourth-order valence-corrected chi connectivity index (χ4v) is 4.31. The molecule has 1 amide bonds. The number of nitrogens with zero attached hydrogens (tertiary/aromatic N) is 3. The van der Waals surface area contributed by atoms with E-state index in [1.807, 2.05) is 25.6 Å². The van der Waals surface area contributed by atoms with Crippen LogP contribution in [0.5, 0.6) is 5.75 Å². The molecule has 6 heteroatoms. The van der Waals surface area contributed by atoms with Crippen LogP contribution in [0.2, 0.25) is 0 Å². The van der Waals surface area contributed by atoms with Gasteiger partial charge in [0.2, 0.25) is 5.43 Å². The number of piperidine rings is 2. The maximum absolute atomic E-state index is 12.5. The van der Waals surface area contributed by atoms with Gasteiger partial charge in [-0.05, 0) is 51.6 Å². The molecule has 0 N–H and O–H groups in total. The number of carbonyl (C=O) groups is 1. The van der Waals surface area contributed by atoms with E-state index in [0.29, 0.717) is 12.0 Å². The predicted molar refractivity (Wildman–Crippen MR) is 101 cm³/mol. The maximum atomic E-state index is 12.5. The molecule has 6 nitrogen and oxygen atoms in total. The van der Waals surface area contributed by atoms with Gasteiger partial charge < -0.3 is 19.1 Å². The molecule has 0 bridgehead atoms.